The zero-order valence-corrected chi connectivity index (χ0v) is 15.8. The smallest absolute Gasteiger partial charge is 0.416 e. The van der Waals surface area contributed by atoms with E-state index in [1.165, 1.54) is 0 Å². The normalized spacial score (nSPS) is 14.5. The Morgan fingerprint density at radius 2 is 1.35 bits per heavy atom. The molecule has 1 aromatic rings. The van der Waals surface area contributed by atoms with Crippen LogP contribution in [0.5, 0.6) is 0 Å². The summed E-state index contributed by atoms with van der Waals surface area (Å²) in [5.74, 6) is -0.976. The number of carbonyl (C=O) groups is 1. The minimum absolute atomic E-state index is 0.00179. The first-order valence-electron chi connectivity index (χ1n) is 5.69. The molecule has 0 spiro atoms. The summed E-state index contributed by atoms with van der Waals surface area (Å²) < 4.78 is 79.9. The first-order chi connectivity index (χ1) is 10.1. The van der Waals surface area contributed by atoms with Gasteiger partial charge in [-0.2, -0.15) is 26.3 Å². The number of halogens is 9. The van der Waals surface area contributed by atoms with Crippen molar-refractivity contribution in [3.63, 3.8) is 0 Å². The maximum atomic E-state index is 12.8. The van der Waals surface area contributed by atoms with Crippen LogP contribution < -0.4 is 0 Å². The van der Waals surface area contributed by atoms with Crippen LogP contribution in [0.3, 0.4) is 0 Å². The summed E-state index contributed by atoms with van der Waals surface area (Å²) in [7, 11) is 0. The van der Waals surface area contributed by atoms with Gasteiger partial charge in [0.25, 0.3) is 0 Å². The van der Waals surface area contributed by atoms with Gasteiger partial charge in [-0.25, -0.2) is 4.79 Å². The topological polar surface area (TPSA) is 26.3 Å². The van der Waals surface area contributed by atoms with E-state index >= 15 is 0 Å². The summed E-state index contributed by atoms with van der Waals surface area (Å²) >= 11 is 8.51. The molecule has 1 rings (SSSR count). The molecule has 0 radical (unpaired) electrons. The second-order valence-electron chi connectivity index (χ2n) is 4.38. The molecule has 1 aromatic carbocycles. The van der Waals surface area contributed by atoms with Crippen molar-refractivity contribution in [1.82, 2.24) is 0 Å². The Hall–Kier alpha value is -0.290. The molecule has 2 nitrogen and oxygen atoms in total. The monoisotopic (exact) mass is 534 g/mol. The van der Waals surface area contributed by atoms with Crippen molar-refractivity contribution in [2.45, 2.75) is 27.5 Å². The first kappa shape index (κ1) is 20.8. The van der Waals surface area contributed by atoms with Crippen molar-refractivity contribution in [2.24, 2.45) is 0 Å². The van der Waals surface area contributed by atoms with Gasteiger partial charge in [-0.15, -0.1) is 0 Å². The molecule has 0 saturated carbocycles. The van der Waals surface area contributed by atoms with Crippen LogP contribution in [0.4, 0.5) is 26.3 Å². The fourth-order valence-corrected chi connectivity index (χ4v) is 1.79. The molecule has 23 heavy (non-hydrogen) atoms. The van der Waals surface area contributed by atoms with Gasteiger partial charge in [0.1, 0.15) is 6.10 Å². The van der Waals surface area contributed by atoms with E-state index < -0.39 is 43.3 Å². The van der Waals surface area contributed by atoms with E-state index in [4.69, 9.17) is 4.74 Å². The Morgan fingerprint density at radius 3 is 1.65 bits per heavy atom. The summed E-state index contributed by atoms with van der Waals surface area (Å²) in [5.41, 5.74) is -3.39. The summed E-state index contributed by atoms with van der Waals surface area (Å²) in [4.78, 5) is 11.6. The molecule has 1 atom stereocenters. The van der Waals surface area contributed by atoms with Crippen LogP contribution in [0.15, 0.2) is 18.2 Å². The lowest BCUT2D eigenvalue weighted by Gasteiger charge is -2.20. The van der Waals surface area contributed by atoms with Crippen LogP contribution in [-0.4, -0.2) is 8.11 Å². The van der Waals surface area contributed by atoms with E-state index in [-0.39, 0.29) is 6.07 Å². The molecule has 0 heterocycles. The number of benzene rings is 1. The lowest BCUT2D eigenvalue weighted by atomic mass is 10.0. The Morgan fingerprint density at radius 1 is 0.957 bits per heavy atom. The van der Waals surface area contributed by atoms with Crippen molar-refractivity contribution in [3.05, 3.63) is 34.9 Å². The van der Waals surface area contributed by atoms with Crippen molar-refractivity contribution in [2.75, 3.05) is 0 Å². The van der Waals surface area contributed by atoms with Gasteiger partial charge in [-0.05, 0) is 78.5 Å². The number of hydrogen-bond donors (Lipinski definition) is 0. The minimum atomic E-state index is -4.97. The highest BCUT2D eigenvalue weighted by Gasteiger charge is 2.38. The van der Waals surface area contributed by atoms with Crippen molar-refractivity contribution < 1.29 is 35.9 Å². The average Bonchev–Trinajstić information content (AvgIpc) is 2.34. The Labute approximate surface area is 151 Å². The first-order valence-corrected chi connectivity index (χ1v) is 8.07. The number of alkyl halides is 9. The standard InChI is InChI=1S/C12H7Br3F6O2/c1-5(23-9(22)10(13,14)15)6-2-7(11(16,17)18)4-8(3-6)12(19,20)21/h2-5H,1H3. The van der Waals surface area contributed by atoms with E-state index in [9.17, 15) is 31.1 Å². The van der Waals surface area contributed by atoms with Crippen LogP contribution in [0.2, 0.25) is 0 Å². The molecule has 0 bridgehead atoms. The number of carbonyl (C=O) groups excluding carboxylic acids is 1. The second kappa shape index (κ2) is 6.91. The predicted octanol–water partition coefficient (Wildman–Crippen LogP) is 6.17. The van der Waals surface area contributed by atoms with Crippen molar-refractivity contribution >= 4 is 53.8 Å². The zero-order valence-electron chi connectivity index (χ0n) is 11.0. The summed E-state index contributed by atoms with van der Waals surface area (Å²) in [6.07, 6.45) is -11.3. The fourth-order valence-electron chi connectivity index (χ4n) is 1.51. The van der Waals surface area contributed by atoms with E-state index in [0.29, 0.717) is 12.1 Å². The zero-order chi connectivity index (χ0) is 18.2. The number of ether oxygens (including phenoxy) is 1. The van der Waals surface area contributed by atoms with Gasteiger partial charge >= 0.3 is 18.3 Å². The molecule has 0 aliphatic carbocycles. The highest BCUT2D eigenvalue weighted by molar-refractivity contribution is 9.40. The molecule has 0 aliphatic rings. The van der Waals surface area contributed by atoms with E-state index in [0.717, 1.165) is 6.92 Å². The summed E-state index contributed by atoms with van der Waals surface area (Å²) in [6, 6.07) is 1.01. The van der Waals surface area contributed by atoms with E-state index in [1.54, 1.807) is 0 Å². The third-order valence-corrected chi connectivity index (χ3v) is 3.57. The number of hydrogen-bond acceptors (Lipinski definition) is 2. The lowest BCUT2D eigenvalue weighted by molar-refractivity contribution is -0.146. The molecule has 11 heteroatoms. The van der Waals surface area contributed by atoms with Gasteiger partial charge in [0.2, 0.25) is 2.14 Å². The van der Waals surface area contributed by atoms with E-state index in [2.05, 4.69) is 47.8 Å². The SMILES string of the molecule is CC(OC(=O)C(Br)(Br)Br)c1cc(C(F)(F)F)cc(C(F)(F)F)c1. The molecular weight excluding hydrogens is 530 g/mol. The van der Waals surface area contributed by atoms with Gasteiger partial charge < -0.3 is 4.74 Å². The molecule has 130 valence electrons. The Kier molecular flexibility index (Phi) is 6.23. The number of esters is 1. The Balaban J connectivity index is 3.27. The molecule has 0 N–H and O–H groups in total. The summed E-state index contributed by atoms with van der Waals surface area (Å²) in [6.45, 7) is 1.16. The van der Waals surface area contributed by atoms with Crippen molar-refractivity contribution in [3.8, 4) is 0 Å². The molecule has 1 unspecified atom stereocenters. The van der Waals surface area contributed by atoms with Crippen LogP contribution in [0.1, 0.15) is 29.7 Å². The van der Waals surface area contributed by atoms with Gasteiger partial charge in [-0.1, -0.05) is 0 Å². The van der Waals surface area contributed by atoms with E-state index in [1.807, 2.05) is 0 Å². The average molecular weight is 537 g/mol. The molecule has 0 saturated heterocycles. The second-order valence-corrected chi connectivity index (χ2v) is 11.1. The molecule has 0 aliphatic heterocycles. The third kappa shape index (κ3) is 5.93. The van der Waals surface area contributed by atoms with Crippen LogP contribution in [0, 0.1) is 0 Å². The highest BCUT2D eigenvalue weighted by Crippen LogP contribution is 2.39. The lowest BCUT2D eigenvalue weighted by Crippen LogP contribution is -2.22. The van der Waals surface area contributed by atoms with Crippen molar-refractivity contribution in [1.29, 1.82) is 0 Å². The minimum Gasteiger partial charge on any atom is -0.455 e. The van der Waals surface area contributed by atoms with Crippen LogP contribution in [-0.2, 0) is 21.9 Å². The molecule has 0 amide bonds. The van der Waals surface area contributed by atoms with Gasteiger partial charge in [0.05, 0.1) is 11.1 Å². The fraction of sp³-hybridized carbons (Fsp3) is 0.417. The summed E-state index contributed by atoms with van der Waals surface area (Å²) in [5, 5.41) is 0. The quantitative estimate of drug-likeness (QED) is 0.257. The third-order valence-electron chi connectivity index (χ3n) is 2.59. The maximum absolute atomic E-state index is 12.8. The van der Waals surface area contributed by atoms with Gasteiger partial charge in [0.15, 0.2) is 0 Å². The number of rotatable bonds is 2. The van der Waals surface area contributed by atoms with Gasteiger partial charge in [-0.3, -0.25) is 0 Å². The van der Waals surface area contributed by atoms with Crippen LogP contribution >= 0.6 is 47.8 Å². The van der Waals surface area contributed by atoms with Gasteiger partial charge in [0, 0.05) is 0 Å². The molecule has 0 fully saturated rings. The Bertz CT molecular complexity index is 560. The maximum Gasteiger partial charge on any atom is 0.416 e. The molecule has 0 aromatic heterocycles. The molecular formula is C12H7Br3F6O2. The highest BCUT2D eigenvalue weighted by atomic mass is 80.0. The predicted molar refractivity (Wildman–Crippen MR) is 80.5 cm³/mol. The largest absolute Gasteiger partial charge is 0.455 e. The van der Waals surface area contributed by atoms with Crippen LogP contribution in [0.25, 0.3) is 0 Å².